The van der Waals surface area contributed by atoms with Crippen LogP contribution < -0.4 is 21.7 Å². The lowest BCUT2D eigenvalue weighted by Crippen LogP contribution is -2.41. The number of anilines is 2. The second kappa shape index (κ2) is 10.1. The average molecular weight is 392 g/mol. The van der Waals surface area contributed by atoms with Crippen molar-refractivity contribution < 1.29 is 0 Å². The SMILES string of the molecule is CCc1cccc(N2CCC(N/C=C(\C=N)C(N)Cc3ccccc3N)CC2)c1. The maximum atomic E-state index is 7.76. The number of hydrogen-bond donors (Lipinski definition) is 4. The van der Waals surface area contributed by atoms with E-state index in [1.807, 2.05) is 30.5 Å². The van der Waals surface area contributed by atoms with E-state index < -0.39 is 0 Å². The van der Waals surface area contributed by atoms with Crippen molar-refractivity contribution >= 4 is 17.6 Å². The number of piperidine rings is 1. The summed E-state index contributed by atoms with van der Waals surface area (Å²) in [5, 5.41) is 11.3. The number of para-hydroxylation sites is 1. The number of nitrogens with two attached hydrogens (primary N) is 2. The molecule has 2 aromatic carbocycles. The van der Waals surface area contributed by atoms with Crippen molar-refractivity contribution in [1.82, 2.24) is 5.32 Å². The third-order valence-corrected chi connectivity index (χ3v) is 5.75. The second-order valence-corrected chi connectivity index (χ2v) is 7.75. The Balaban J connectivity index is 1.54. The van der Waals surface area contributed by atoms with Gasteiger partial charge in [-0.05, 0) is 55.0 Å². The van der Waals surface area contributed by atoms with Crippen LogP contribution in [0.25, 0.3) is 0 Å². The van der Waals surface area contributed by atoms with Crippen LogP contribution in [-0.2, 0) is 12.8 Å². The third kappa shape index (κ3) is 5.61. The van der Waals surface area contributed by atoms with Gasteiger partial charge in [0.05, 0.1) is 0 Å². The number of nitrogen functional groups attached to an aromatic ring is 1. The van der Waals surface area contributed by atoms with Crippen molar-refractivity contribution in [1.29, 1.82) is 5.41 Å². The van der Waals surface area contributed by atoms with Gasteiger partial charge in [0.2, 0.25) is 0 Å². The number of rotatable bonds is 8. The van der Waals surface area contributed by atoms with Gasteiger partial charge in [-0.2, -0.15) is 0 Å². The molecule has 0 aliphatic carbocycles. The Kier molecular flexibility index (Phi) is 7.30. The molecule has 3 rings (SSSR count). The zero-order valence-electron chi connectivity index (χ0n) is 17.3. The number of nitrogens with one attached hydrogen (secondary N) is 2. The van der Waals surface area contributed by atoms with E-state index in [4.69, 9.17) is 16.9 Å². The minimum atomic E-state index is -0.249. The lowest BCUT2D eigenvalue weighted by Gasteiger charge is -2.34. The highest BCUT2D eigenvalue weighted by molar-refractivity contribution is 5.77. The van der Waals surface area contributed by atoms with Gasteiger partial charge in [0.25, 0.3) is 0 Å². The van der Waals surface area contributed by atoms with Crippen molar-refractivity contribution in [2.24, 2.45) is 5.73 Å². The van der Waals surface area contributed by atoms with E-state index in [0.29, 0.717) is 12.5 Å². The van der Waals surface area contributed by atoms with Gasteiger partial charge in [-0.1, -0.05) is 37.3 Å². The highest BCUT2D eigenvalue weighted by Gasteiger charge is 2.19. The van der Waals surface area contributed by atoms with E-state index in [0.717, 1.165) is 49.2 Å². The van der Waals surface area contributed by atoms with Crippen LogP contribution in [0.4, 0.5) is 11.4 Å². The summed E-state index contributed by atoms with van der Waals surface area (Å²) in [6.45, 7) is 4.26. The summed E-state index contributed by atoms with van der Waals surface area (Å²) in [7, 11) is 0. The standard InChI is InChI=1S/C24H33N5/c1-2-18-6-5-8-22(14-18)29-12-10-21(11-13-29)28-17-20(16-25)24(27)15-19-7-3-4-9-23(19)26/h3-9,14,16-17,21,24-25,28H,2,10-13,15,26-27H2,1H3/b20-17+,25-16?. The van der Waals surface area contributed by atoms with Gasteiger partial charge >= 0.3 is 0 Å². The quantitative estimate of drug-likeness (QED) is 0.409. The molecule has 1 aliphatic heterocycles. The molecular formula is C24H33N5. The Bertz CT molecular complexity index is 837. The molecule has 1 saturated heterocycles. The Morgan fingerprint density at radius 3 is 2.66 bits per heavy atom. The smallest absolute Gasteiger partial charge is 0.0368 e. The van der Waals surface area contributed by atoms with Crippen LogP contribution in [0, 0.1) is 5.41 Å². The fourth-order valence-electron chi connectivity index (χ4n) is 3.82. The Morgan fingerprint density at radius 2 is 1.97 bits per heavy atom. The number of benzene rings is 2. The van der Waals surface area contributed by atoms with E-state index in [1.165, 1.54) is 17.5 Å². The average Bonchev–Trinajstić information content (AvgIpc) is 2.76. The molecule has 29 heavy (non-hydrogen) atoms. The Morgan fingerprint density at radius 1 is 1.21 bits per heavy atom. The molecule has 1 heterocycles. The molecule has 0 spiro atoms. The van der Waals surface area contributed by atoms with Crippen molar-refractivity contribution in [3.05, 3.63) is 71.4 Å². The molecule has 1 unspecified atom stereocenters. The Labute approximate surface area is 174 Å². The van der Waals surface area contributed by atoms with Crippen LogP contribution in [0.1, 0.15) is 30.9 Å². The molecule has 0 amide bonds. The van der Waals surface area contributed by atoms with Crippen LogP contribution in [-0.4, -0.2) is 31.4 Å². The topological polar surface area (TPSA) is 91.2 Å². The minimum Gasteiger partial charge on any atom is -0.399 e. The highest BCUT2D eigenvalue weighted by Crippen LogP contribution is 2.22. The summed E-state index contributed by atoms with van der Waals surface area (Å²) in [4.78, 5) is 2.46. The fraction of sp³-hybridized carbons (Fsp3) is 0.375. The summed E-state index contributed by atoms with van der Waals surface area (Å²) in [5.41, 5.74) is 17.6. The highest BCUT2D eigenvalue weighted by atomic mass is 15.1. The van der Waals surface area contributed by atoms with Crippen LogP contribution in [0.3, 0.4) is 0 Å². The minimum absolute atomic E-state index is 0.249. The molecule has 5 heteroatoms. The molecule has 6 N–H and O–H groups in total. The molecule has 1 fully saturated rings. The lowest BCUT2D eigenvalue weighted by molar-refractivity contribution is 0.454. The van der Waals surface area contributed by atoms with E-state index in [-0.39, 0.29) is 6.04 Å². The van der Waals surface area contributed by atoms with Gasteiger partial charge in [0.1, 0.15) is 0 Å². The summed E-state index contributed by atoms with van der Waals surface area (Å²) >= 11 is 0. The second-order valence-electron chi connectivity index (χ2n) is 7.75. The maximum absolute atomic E-state index is 7.76. The van der Waals surface area contributed by atoms with Crippen molar-refractivity contribution in [3.63, 3.8) is 0 Å². The summed E-state index contributed by atoms with van der Waals surface area (Å²) in [5.74, 6) is 0. The zero-order valence-corrected chi connectivity index (χ0v) is 17.3. The van der Waals surface area contributed by atoms with Crippen LogP contribution in [0.15, 0.2) is 60.3 Å². The van der Waals surface area contributed by atoms with Gasteiger partial charge in [-0.25, -0.2) is 0 Å². The van der Waals surface area contributed by atoms with Gasteiger partial charge in [-0.15, -0.1) is 0 Å². The largest absolute Gasteiger partial charge is 0.399 e. The molecule has 154 valence electrons. The number of hydrogen-bond acceptors (Lipinski definition) is 5. The van der Waals surface area contributed by atoms with E-state index >= 15 is 0 Å². The molecule has 5 nitrogen and oxygen atoms in total. The molecule has 0 radical (unpaired) electrons. The zero-order chi connectivity index (χ0) is 20.6. The van der Waals surface area contributed by atoms with Crippen LogP contribution in [0.2, 0.25) is 0 Å². The molecule has 0 bridgehead atoms. The first kappa shape index (κ1) is 20.9. The molecule has 1 atom stereocenters. The van der Waals surface area contributed by atoms with Crippen molar-refractivity contribution in [3.8, 4) is 0 Å². The van der Waals surface area contributed by atoms with Crippen molar-refractivity contribution in [2.75, 3.05) is 23.7 Å². The normalized spacial score (nSPS) is 16.5. The molecular weight excluding hydrogens is 358 g/mol. The lowest BCUT2D eigenvalue weighted by atomic mass is 9.99. The van der Waals surface area contributed by atoms with Crippen molar-refractivity contribution in [2.45, 2.75) is 44.7 Å². The van der Waals surface area contributed by atoms with Gasteiger partial charge in [0.15, 0.2) is 0 Å². The van der Waals surface area contributed by atoms with E-state index in [1.54, 1.807) is 0 Å². The predicted octanol–water partition coefficient (Wildman–Crippen LogP) is 3.49. The first-order chi connectivity index (χ1) is 14.1. The van der Waals surface area contributed by atoms with E-state index in [2.05, 4.69) is 41.4 Å². The molecule has 1 aliphatic rings. The van der Waals surface area contributed by atoms with Crippen LogP contribution >= 0.6 is 0 Å². The number of nitrogens with zero attached hydrogens (tertiary/aromatic N) is 1. The first-order valence-electron chi connectivity index (χ1n) is 10.5. The van der Waals surface area contributed by atoms with E-state index in [9.17, 15) is 0 Å². The molecule has 0 saturated carbocycles. The summed E-state index contributed by atoms with van der Waals surface area (Å²) in [6.07, 6.45) is 7.11. The van der Waals surface area contributed by atoms with Gasteiger partial charge < -0.3 is 27.1 Å². The predicted molar refractivity (Wildman–Crippen MR) is 124 cm³/mol. The monoisotopic (exact) mass is 391 g/mol. The Hall–Kier alpha value is -2.79. The van der Waals surface area contributed by atoms with Gasteiger partial charge in [-0.3, -0.25) is 0 Å². The first-order valence-corrected chi connectivity index (χ1v) is 10.5. The molecule has 2 aromatic rings. The maximum Gasteiger partial charge on any atom is 0.0368 e. The summed E-state index contributed by atoms with van der Waals surface area (Å²) in [6, 6.07) is 16.8. The summed E-state index contributed by atoms with van der Waals surface area (Å²) < 4.78 is 0. The van der Waals surface area contributed by atoms with Gasteiger partial charge in [0, 0.05) is 54.5 Å². The number of aryl methyl sites for hydroxylation is 1. The third-order valence-electron chi connectivity index (χ3n) is 5.75. The molecule has 0 aromatic heterocycles. The van der Waals surface area contributed by atoms with Crippen LogP contribution in [0.5, 0.6) is 0 Å². The fourth-order valence-corrected chi connectivity index (χ4v) is 3.82.